The summed E-state index contributed by atoms with van der Waals surface area (Å²) in [6.07, 6.45) is 2.31. The summed E-state index contributed by atoms with van der Waals surface area (Å²) < 4.78 is 0. The van der Waals surface area contributed by atoms with Gasteiger partial charge in [-0.05, 0) is 43.0 Å². The number of amides is 2. The van der Waals surface area contributed by atoms with E-state index in [-0.39, 0.29) is 6.03 Å². The summed E-state index contributed by atoms with van der Waals surface area (Å²) in [4.78, 5) is 25.0. The number of benzene rings is 1. The second-order valence-electron chi connectivity index (χ2n) is 4.88. The minimum absolute atomic E-state index is 0.368. The highest BCUT2D eigenvalue weighted by molar-refractivity contribution is 7.98. The predicted octanol–water partition coefficient (Wildman–Crippen LogP) is 2.01. The van der Waals surface area contributed by atoms with Crippen LogP contribution in [0.3, 0.4) is 0 Å². The molecule has 0 aliphatic rings. The molecule has 0 fully saturated rings. The van der Waals surface area contributed by atoms with Crippen molar-refractivity contribution < 1.29 is 14.7 Å². The quantitative estimate of drug-likeness (QED) is 0.635. The van der Waals surface area contributed by atoms with Crippen LogP contribution in [-0.4, -0.2) is 46.6 Å². The van der Waals surface area contributed by atoms with Gasteiger partial charge < -0.3 is 21.1 Å². The fourth-order valence-corrected chi connectivity index (χ4v) is 2.38. The van der Waals surface area contributed by atoms with Crippen molar-refractivity contribution in [2.45, 2.75) is 25.9 Å². The Morgan fingerprint density at radius 1 is 1.36 bits per heavy atom. The molecule has 1 aromatic carbocycles. The number of anilines is 1. The normalized spacial score (nSPS) is 11.7. The van der Waals surface area contributed by atoms with Crippen LogP contribution in [0.1, 0.15) is 18.9 Å². The summed E-state index contributed by atoms with van der Waals surface area (Å²) in [7, 11) is 0. The molecule has 4 N–H and O–H groups in total. The third kappa shape index (κ3) is 5.85. The van der Waals surface area contributed by atoms with Crippen molar-refractivity contribution in [3.8, 4) is 0 Å². The third-order valence-corrected chi connectivity index (χ3v) is 3.87. The fourth-order valence-electron chi connectivity index (χ4n) is 1.90. The first kappa shape index (κ1) is 18.2. The van der Waals surface area contributed by atoms with Crippen molar-refractivity contribution in [3.63, 3.8) is 0 Å². The van der Waals surface area contributed by atoms with Gasteiger partial charge in [-0.2, -0.15) is 11.8 Å². The average Bonchev–Trinajstić information content (AvgIpc) is 2.50. The van der Waals surface area contributed by atoms with Crippen molar-refractivity contribution in [1.29, 1.82) is 0 Å². The van der Waals surface area contributed by atoms with Gasteiger partial charge in [0.1, 0.15) is 6.04 Å². The van der Waals surface area contributed by atoms with Crippen molar-refractivity contribution in [1.82, 2.24) is 10.2 Å². The molecule has 0 bridgehead atoms. The minimum atomic E-state index is -1.01. The zero-order valence-electron chi connectivity index (χ0n) is 12.9. The number of carboxylic acids is 1. The highest BCUT2D eigenvalue weighted by Gasteiger charge is 2.22. The zero-order chi connectivity index (χ0) is 16.5. The van der Waals surface area contributed by atoms with Gasteiger partial charge in [0, 0.05) is 18.8 Å². The monoisotopic (exact) mass is 325 g/mol. The third-order valence-electron chi connectivity index (χ3n) is 3.23. The van der Waals surface area contributed by atoms with Crippen molar-refractivity contribution >= 4 is 29.4 Å². The van der Waals surface area contributed by atoms with E-state index < -0.39 is 12.0 Å². The van der Waals surface area contributed by atoms with Gasteiger partial charge in [0.15, 0.2) is 0 Å². The molecule has 22 heavy (non-hydrogen) atoms. The molecule has 6 nitrogen and oxygen atoms in total. The number of urea groups is 1. The molecule has 7 heteroatoms. The molecule has 1 unspecified atom stereocenters. The molecule has 1 atom stereocenters. The fraction of sp³-hybridized carbons (Fsp3) is 0.467. The van der Waals surface area contributed by atoms with Crippen LogP contribution in [0.4, 0.5) is 10.5 Å². The lowest BCUT2D eigenvalue weighted by molar-refractivity contribution is -0.139. The Hall–Kier alpha value is -1.89. The van der Waals surface area contributed by atoms with E-state index in [0.29, 0.717) is 31.0 Å². The largest absolute Gasteiger partial charge is 0.480 e. The van der Waals surface area contributed by atoms with E-state index in [4.69, 9.17) is 10.8 Å². The number of carboxylic acid groups (broad SMARTS) is 1. The van der Waals surface area contributed by atoms with Crippen LogP contribution in [-0.2, 0) is 11.3 Å². The van der Waals surface area contributed by atoms with Gasteiger partial charge in [0.05, 0.1) is 0 Å². The number of hydrogen-bond acceptors (Lipinski definition) is 4. The average molecular weight is 325 g/mol. The maximum Gasteiger partial charge on any atom is 0.326 e. The Bertz CT molecular complexity index is 493. The van der Waals surface area contributed by atoms with E-state index in [2.05, 4.69) is 5.32 Å². The van der Waals surface area contributed by atoms with Crippen LogP contribution >= 0.6 is 11.8 Å². The van der Waals surface area contributed by atoms with Crippen molar-refractivity contribution in [3.05, 3.63) is 29.8 Å². The molecule has 0 radical (unpaired) electrons. The van der Waals surface area contributed by atoms with Crippen molar-refractivity contribution in [2.75, 3.05) is 24.3 Å². The smallest absolute Gasteiger partial charge is 0.326 e. The van der Waals surface area contributed by atoms with Gasteiger partial charge >= 0.3 is 12.0 Å². The lowest BCUT2D eigenvalue weighted by Crippen LogP contribution is -2.47. The first-order valence-electron chi connectivity index (χ1n) is 7.09. The van der Waals surface area contributed by atoms with Crippen molar-refractivity contribution in [2.24, 2.45) is 0 Å². The number of carbonyl (C=O) groups is 2. The van der Waals surface area contributed by atoms with Gasteiger partial charge in [-0.15, -0.1) is 0 Å². The van der Waals surface area contributed by atoms with Crippen LogP contribution < -0.4 is 11.1 Å². The van der Waals surface area contributed by atoms with Crippen LogP contribution in [0.2, 0.25) is 0 Å². The standard InChI is InChI=1S/C15H23N3O3S/c1-3-18(10-11-4-6-12(16)7-5-11)15(21)17-13(14(19)20)8-9-22-2/h4-7,13H,3,8-10,16H2,1-2H3,(H,17,21)(H,19,20). The molecule has 0 saturated heterocycles. The topological polar surface area (TPSA) is 95.7 Å². The van der Waals surface area contributed by atoms with Gasteiger partial charge in [0.2, 0.25) is 0 Å². The first-order valence-corrected chi connectivity index (χ1v) is 8.48. The predicted molar refractivity (Wildman–Crippen MR) is 89.9 cm³/mol. The first-order chi connectivity index (χ1) is 10.5. The maximum absolute atomic E-state index is 12.2. The molecular weight excluding hydrogens is 302 g/mol. The SMILES string of the molecule is CCN(Cc1ccc(N)cc1)C(=O)NC(CCSC)C(=O)O. The molecule has 0 aliphatic heterocycles. The van der Waals surface area contributed by atoms with Crippen LogP contribution in [0.25, 0.3) is 0 Å². The van der Waals surface area contributed by atoms with Crippen LogP contribution in [0.15, 0.2) is 24.3 Å². The van der Waals surface area contributed by atoms with Gasteiger partial charge in [-0.1, -0.05) is 12.1 Å². The Labute approximate surface area is 135 Å². The number of nitrogens with one attached hydrogen (secondary N) is 1. The lowest BCUT2D eigenvalue weighted by atomic mass is 10.2. The molecule has 0 saturated carbocycles. The number of nitrogens with two attached hydrogens (primary N) is 1. The molecule has 0 aliphatic carbocycles. The van der Waals surface area contributed by atoms with Gasteiger partial charge in [0.25, 0.3) is 0 Å². The summed E-state index contributed by atoms with van der Waals surface area (Å²) >= 11 is 1.55. The number of hydrogen-bond donors (Lipinski definition) is 3. The molecular formula is C15H23N3O3S. The van der Waals surface area contributed by atoms with E-state index in [9.17, 15) is 9.59 Å². The highest BCUT2D eigenvalue weighted by Crippen LogP contribution is 2.09. The highest BCUT2D eigenvalue weighted by atomic mass is 32.2. The molecule has 2 amide bonds. The Balaban J connectivity index is 2.66. The van der Waals surface area contributed by atoms with Crippen LogP contribution in [0, 0.1) is 0 Å². The van der Waals surface area contributed by atoms with E-state index >= 15 is 0 Å². The summed E-state index contributed by atoms with van der Waals surface area (Å²) in [5, 5.41) is 11.8. The van der Waals surface area contributed by atoms with E-state index in [1.807, 2.05) is 25.3 Å². The molecule has 122 valence electrons. The number of rotatable bonds is 8. The summed E-state index contributed by atoms with van der Waals surface area (Å²) in [6.45, 7) is 2.76. The second-order valence-corrected chi connectivity index (χ2v) is 5.86. The summed E-state index contributed by atoms with van der Waals surface area (Å²) in [5.74, 6) is -0.327. The Morgan fingerprint density at radius 3 is 2.50 bits per heavy atom. The van der Waals surface area contributed by atoms with Gasteiger partial charge in [-0.3, -0.25) is 0 Å². The zero-order valence-corrected chi connectivity index (χ0v) is 13.7. The number of nitrogen functional groups attached to an aromatic ring is 1. The summed E-state index contributed by atoms with van der Waals surface area (Å²) in [5.41, 5.74) is 7.25. The number of nitrogens with zero attached hydrogens (tertiary/aromatic N) is 1. The molecule has 0 aromatic heterocycles. The van der Waals surface area contributed by atoms with E-state index in [1.165, 1.54) is 0 Å². The number of aliphatic carboxylic acids is 1. The minimum Gasteiger partial charge on any atom is -0.480 e. The van der Waals surface area contributed by atoms with E-state index in [0.717, 1.165) is 5.56 Å². The second kappa shape index (κ2) is 9.19. The Kier molecular flexibility index (Phi) is 7.59. The molecule has 0 spiro atoms. The maximum atomic E-state index is 12.2. The number of carbonyl (C=O) groups excluding carboxylic acids is 1. The number of thioether (sulfide) groups is 1. The molecule has 1 rings (SSSR count). The lowest BCUT2D eigenvalue weighted by Gasteiger charge is -2.24. The molecule has 0 heterocycles. The van der Waals surface area contributed by atoms with Crippen LogP contribution in [0.5, 0.6) is 0 Å². The Morgan fingerprint density at radius 2 is 2.00 bits per heavy atom. The van der Waals surface area contributed by atoms with Gasteiger partial charge in [-0.25, -0.2) is 9.59 Å². The molecule has 1 aromatic rings. The van der Waals surface area contributed by atoms with E-state index in [1.54, 1.807) is 28.8 Å². The summed E-state index contributed by atoms with van der Waals surface area (Å²) in [6, 6.07) is 6.04.